The molecule has 0 spiro atoms. The maximum Gasteiger partial charge on any atom is 0.148 e. The molecule has 1 aliphatic heterocycles. The highest BCUT2D eigenvalue weighted by Crippen LogP contribution is 2.28. The SMILES string of the molecule is CC(CS(C)(=O)=O)NCC1Cc2cc(F)ccc2O1. The highest BCUT2D eigenvalue weighted by atomic mass is 32.2. The van der Waals surface area contributed by atoms with Crippen LogP contribution < -0.4 is 10.1 Å². The number of rotatable bonds is 5. The van der Waals surface area contributed by atoms with Crippen molar-refractivity contribution < 1.29 is 17.5 Å². The number of ether oxygens (including phenoxy) is 1. The standard InChI is InChI=1S/C13H18FNO3S/c1-9(8-19(2,16)17)15-7-12-6-10-5-11(14)3-4-13(10)18-12/h3-5,9,12,15H,6-8H2,1-2H3. The fourth-order valence-corrected chi connectivity index (χ4v) is 3.27. The summed E-state index contributed by atoms with van der Waals surface area (Å²) in [4.78, 5) is 0. The number of fused-ring (bicyclic) bond motifs is 1. The van der Waals surface area contributed by atoms with E-state index in [0.717, 1.165) is 5.56 Å². The Morgan fingerprint density at radius 2 is 2.26 bits per heavy atom. The van der Waals surface area contributed by atoms with E-state index in [2.05, 4.69) is 5.32 Å². The van der Waals surface area contributed by atoms with Crippen LogP contribution in [0, 0.1) is 5.82 Å². The third kappa shape index (κ3) is 4.18. The minimum Gasteiger partial charge on any atom is -0.488 e. The van der Waals surface area contributed by atoms with Crippen LogP contribution in [0.3, 0.4) is 0 Å². The summed E-state index contributed by atoms with van der Waals surface area (Å²) in [7, 11) is -2.98. The largest absolute Gasteiger partial charge is 0.488 e. The second-order valence-electron chi connectivity index (χ2n) is 5.10. The molecular formula is C13H18FNO3S. The van der Waals surface area contributed by atoms with Gasteiger partial charge in [0.2, 0.25) is 0 Å². The van der Waals surface area contributed by atoms with Crippen LogP contribution in [0.15, 0.2) is 18.2 Å². The first-order valence-corrected chi connectivity index (χ1v) is 8.26. The number of nitrogens with one attached hydrogen (secondary N) is 1. The van der Waals surface area contributed by atoms with Crippen molar-refractivity contribution in [3.05, 3.63) is 29.6 Å². The third-order valence-electron chi connectivity index (χ3n) is 3.01. The molecule has 0 saturated heterocycles. The number of hydrogen-bond donors (Lipinski definition) is 1. The summed E-state index contributed by atoms with van der Waals surface area (Å²) in [6.07, 6.45) is 1.79. The van der Waals surface area contributed by atoms with Gasteiger partial charge in [0.05, 0.1) is 5.75 Å². The van der Waals surface area contributed by atoms with Crippen molar-refractivity contribution in [2.75, 3.05) is 18.6 Å². The van der Waals surface area contributed by atoms with E-state index in [-0.39, 0.29) is 23.7 Å². The second-order valence-corrected chi connectivity index (χ2v) is 7.28. The zero-order valence-electron chi connectivity index (χ0n) is 11.0. The quantitative estimate of drug-likeness (QED) is 0.883. The van der Waals surface area contributed by atoms with E-state index in [1.165, 1.54) is 18.4 Å². The molecule has 0 saturated carbocycles. The van der Waals surface area contributed by atoms with Crippen LogP contribution in [0.25, 0.3) is 0 Å². The average Bonchev–Trinajstić information content (AvgIpc) is 2.66. The topological polar surface area (TPSA) is 55.4 Å². The summed E-state index contributed by atoms with van der Waals surface area (Å²) >= 11 is 0. The molecule has 2 rings (SSSR count). The lowest BCUT2D eigenvalue weighted by Gasteiger charge is -2.16. The van der Waals surface area contributed by atoms with Gasteiger partial charge >= 0.3 is 0 Å². The smallest absolute Gasteiger partial charge is 0.148 e. The number of sulfone groups is 1. The van der Waals surface area contributed by atoms with E-state index in [1.807, 2.05) is 6.92 Å². The molecular weight excluding hydrogens is 269 g/mol. The molecule has 6 heteroatoms. The lowest BCUT2D eigenvalue weighted by Crippen LogP contribution is -2.39. The molecule has 0 fully saturated rings. The highest BCUT2D eigenvalue weighted by Gasteiger charge is 2.23. The summed E-state index contributed by atoms with van der Waals surface area (Å²) in [5.74, 6) is 0.548. The van der Waals surface area contributed by atoms with E-state index in [9.17, 15) is 12.8 Å². The third-order valence-corrected chi connectivity index (χ3v) is 4.12. The monoisotopic (exact) mass is 287 g/mol. The van der Waals surface area contributed by atoms with Crippen molar-refractivity contribution in [3.63, 3.8) is 0 Å². The Hall–Kier alpha value is -1.14. The van der Waals surface area contributed by atoms with E-state index in [0.29, 0.717) is 18.7 Å². The van der Waals surface area contributed by atoms with Gasteiger partial charge in [-0.05, 0) is 25.1 Å². The van der Waals surface area contributed by atoms with E-state index >= 15 is 0 Å². The Morgan fingerprint density at radius 3 is 2.95 bits per heavy atom. The molecule has 1 N–H and O–H groups in total. The minimum atomic E-state index is -2.98. The summed E-state index contributed by atoms with van der Waals surface area (Å²) in [5.41, 5.74) is 0.863. The van der Waals surface area contributed by atoms with Gasteiger partial charge in [-0.1, -0.05) is 0 Å². The van der Waals surface area contributed by atoms with Gasteiger partial charge in [0.1, 0.15) is 27.5 Å². The summed E-state index contributed by atoms with van der Waals surface area (Å²) in [6, 6.07) is 4.36. The molecule has 1 aromatic carbocycles. The molecule has 4 nitrogen and oxygen atoms in total. The zero-order valence-corrected chi connectivity index (χ0v) is 11.8. The number of hydrogen-bond acceptors (Lipinski definition) is 4. The van der Waals surface area contributed by atoms with Gasteiger partial charge in [-0.3, -0.25) is 0 Å². The van der Waals surface area contributed by atoms with Crippen LogP contribution in [-0.2, 0) is 16.3 Å². The molecule has 1 heterocycles. The normalized spacial score (nSPS) is 19.8. The molecule has 0 bridgehead atoms. The Balaban J connectivity index is 1.84. The van der Waals surface area contributed by atoms with Crippen LogP contribution in [-0.4, -0.2) is 39.1 Å². The first kappa shape index (κ1) is 14.3. The predicted molar refractivity (Wildman–Crippen MR) is 71.7 cm³/mol. The molecule has 1 aliphatic rings. The first-order chi connectivity index (χ1) is 8.83. The fraction of sp³-hybridized carbons (Fsp3) is 0.538. The highest BCUT2D eigenvalue weighted by molar-refractivity contribution is 7.90. The molecule has 2 atom stereocenters. The Bertz CT molecular complexity index is 559. The molecule has 0 amide bonds. The van der Waals surface area contributed by atoms with Crippen molar-refractivity contribution in [1.82, 2.24) is 5.32 Å². The van der Waals surface area contributed by atoms with Gasteiger partial charge in [0.25, 0.3) is 0 Å². The number of halogens is 1. The molecule has 0 aromatic heterocycles. The second kappa shape index (κ2) is 5.46. The number of benzene rings is 1. The maximum atomic E-state index is 13.1. The van der Waals surface area contributed by atoms with Crippen LogP contribution in [0.2, 0.25) is 0 Å². The van der Waals surface area contributed by atoms with Gasteiger partial charge in [-0.15, -0.1) is 0 Å². The first-order valence-electron chi connectivity index (χ1n) is 6.19. The molecule has 0 aliphatic carbocycles. The lowest BCUT2D eigenvalue weighted by atomic mass is 10.1. The van der Waals surface area contributed by atoms with E-state index < -0.39 is 9.84 Å². The molecule has 0 radical (unpaired) electrons. The lowest BCUT2D eigenvalue weighted by molar-refractivity contribution is 0.224. The maximum absolute atomic E-state index is 13.1. The van der Waals surface area contributed by atoms with Gasteiger partial charge < -0.3 is 10.1 Å². The Labute approximate surface area is 112 Å². The van der Waals surface area contributed by atoms with Gasteiger partial charge in [-0.2, -0.15) is 0 Å². The van der Waals surface area contributed by atoms with Crippen molar-refractivity contribution in [2.45, 2.75) is 25.5 Å². The van der Waals surface area contributed by atoms with Crippen molar-refractivity contribution >= 4 is 9.84 Å². The molecule has 1 aromatic rings. The summed E-state index contributed by atoms with van der Waals surface area (Å²) in [5, 5.41) is 3.13. The Morgan fingerprint density at radius 1 is 1.53 bits per heavy atom. The molecule has 2 unspecified atom stereocenters. The van der Waals surface area contributed by atoms with Crippen LogP contribution >= 0.6 is 0 Å². The molecule has 106 valence electrons. The van der Waals surface area contributed by atoms with Crippen LogP contribution in [0.1, 0.15) is 12.5 Å². The predicted octanol–water partition coefficient (Wildman–Crippen LogP) is 1.15. The summed E-state index contributed by atoms with van der Waals surface area (Å²) in [6.45, 7) is 2.37. The van der Waals surface area contributed by atoms with Gasteiger partial charge in [-0.25, -0.2) is 12.8 Å². The summed E-state index contributed by atoms with van der Waals surface area (Å²) < 4.78 is 41.0. The van der Waals surface area contributed by atoms with Crippen LogP contribution in [0.4, 0.5) is 4.39 Å². The Kier molecular flexibility index (Phi) is 4.10. The van der Waals surface area contributed by atoms with Gasteiger partial charge in [0, 0.05) is 30.8 Å². The van der Waals surface area contributed by atoms with Crippen molar-refractivity contribution in [1.29, 1.82) is 0 Å². The van der Waals surface area contributed by atoms with Gasteiger partial charge in [0.15, 0.2) is 0 Å². The molecule has 19 heavy (non-hydrogen) atoms. The average molecular weight is 287 g/mol. The van der Waals surface area contributed by atoms with Crippen molar-refractivity contribution in [2.24, 2.45) is 0 Å². The van der Waals surface area contributed by atoms with Crippen molar-refractivity contribution in [3.8, 4) is 5.75 Å². The fourth-order valence-electron chi connectivity index (χ4n) is 2.25. The zero-order chi connectivity index (χ0) is 14.0. The van der Waals surface area contributed by atoms with E-state index in [1.54, 1.807) is 6.07 Å². The van der Waals surface area contributed by atoms with Crippen LogP contribution in [0.5, 0.6) is 5.75 Å². The minimum absolute atomic E-state index is 0.0705. The van der Waals surface area contributed by atoms with E-state index in [4.69, 9.17) is 4.74 Å².